The Hall–Kier alpha value is -2.28. The molecule has 7 nitrogen and oxygen atoms in total. The van der Waals surface area contributed by atoms with Crippen LogP contribution in [-0.2, 0) is 4.79 Å². The molecule has 1 aliphatic rings. The second-order valence-electron chi connectivity index (χ2n) is 5.86. The highest BCUT2D eigenvalue weighted by molar-refractivity contribution is 6.17. The zero-order chi connectivity index (χ0) is 16.7. The summed E-state index contributed by atoms with van der Waals surface area (Å²) in [7, 11) is 0. The van der Waals surface area contributed by atoms with E-state index in [2.05, 4.69) is 15.3 Å². The molecule has 1 aromatic heterocycles. The summed E-state index contributed by atoms with van der Waals surface area (Å²) >= 11 is 0. The highest BCUT2D eigenvalue weighted by atomic mass is 16.4. The Morgan fingerprint density at radius 3 is 2.45 bits per heavy atom. The van der Waals surface area contributed by atoms with E-state index >= 15 is 0 Å². The molecule has 2 heterocycles. The number of carboxylic acids is 1. The van der Waals surface area contributed by atoms with Crippen molar-refractivity contribution in [1.82, 2.24) is 10.3 Å². The number of amidine groups is 1. The summed E-state index contributed by atoms with van der Waals surface area (Å²) in [4.78, 5) is 32.0. The van der Waals surface area contributed by atoms with Crippen LogP contribution in [0.3, 0.4) is 0 Å². The van der Waals surface area contributed by atoms with Crippen LogP contribution in [0.1, 0.15) is 55.4 Å². The summed E-state index contributed by atoms with van der Waals surface area (Å²) in [6.45, 7) is 6.96. The van der Waals surface area contributed by atoms with Crippen LogP contribution >= 0.6 is 0 Å². The van der Waals surface area contributed by atoms with Crippen LogP contribution in [-0.4, -0.2) is 38.4 Å². The molecule has 0 spiro atoms. The Morgan fingerprint density at radius 2 is 2.00 bits per heavy atom. The Balaban J connectivity index is 2.54. The first kappa shape index (κ1) is 16.1. The van der Waals surface area contributed by atoms with Crippen LogP contribution in [0.5, 0.6) is 0 Å². The number of aliphatic hydroxyl groups is 1. The summed E-state index contributed by atoms with van der Waals surface area (Å²) < 4.78 is 0. The van der Waals surface area contributed by atoms with Crippen molar-refractivity contribution in [1.29, 1.82) is 0 Å². The van der Waals surface area contributed by atoms with Gasteiger partial charge < -0.3 is 15.5 Å². The van der Waals surface area contributed by atoms with Crippen LogP contribution in [0.2, 0.25) is 0 Å². The molecule has 2 unspecified atom stereocenters. The second-order valence-corrected chi connectivity index (χ2v) is 5.86. The minimum atomic E-state index is -1.19. The number of amides is 1. The van der Waals surface area contributed by atoms with E-state index in [-0.39, 0.29) is 28.9 Å². The van der Waals surface area contributed by atoms with E-state index in [1.807, 2.05) is 13.8 Å². The molecule has 1 aliphatic heterocycles. The first-order valence-corrected chi connectivity index (χ1v) is 6.99. The number of aromatic nitrogens is 1. The summed E-state index contributed by atoms with van der Waals surface area (Å²) in [5, 5.41) is 21.5. The molecule has 7 heteroatoms. The maximum atomic E-state index is 12.1. The van der Waals surface area contributed by atoms with Crippen molar-refractivity contribution in [2.45, 2.75) is 39.3 Å². The number of hydrogen-bond acceptors (Lipinski definition) is 5. The molecule has 0 saturated heterocycles. The number of rotatable bonds is 4. The molecule has 2 rings (SSSR count). The average Bonchev–Trinajstić information content (AvgIpc) is 2.75. The third-order valence-electron chi connectivity index (χ3n) is 4.01. The number of pyridine rings is 1. The smallest absolute Gasteiger partial charge is 0.338 e. The van der Waals surface area contributed by atoms with E-state index in [1.54, 1.807) is 6.92 Å². The van der Waals surface area contributed by atoms with Gasteiger partial charge in [0.15, 0.2) is 5.84 Å². The number of carbonyl (C=O) groups is 2. The largest absolute Gasteiger partial charge is 0.478 e. The van der Waals surface area contributed by atoms with Gasteiger partial charge in [0.05, 0.1) is 11.7 Å². The summed E-state index contributed by atoms with van der Waals surface area (Å²) in [6.07, 6.45) is 0.548. The number of nitrogens with zero attached hydrogens (tertiary/aromatic N) is 2. The molecule has 0 saturated carbocycles. The summed E-state index contributed by atoms with van der Waals surface area (Å²) in [5.74, 6) is -1.37. The van der Waals surface area contributed by atoms with E-state index in [0.717, 1.165) is 0 Å². The lowest BCUT2D eigenvalue weighted by Crippen LogP contribution is -2.41. The number of nitrogens with one attached hydrogen (secondary N) is 1. The van der Waals surface area contributed by atoms with Crippen LogP contribution in [0.4, 0.5) is 0 Å². The summed E-state index contributed by atoms with van der Waals surface area (Å²) in [6, 6.07) is 1.34. The number of carboxylic acid groups (broad SMARTS) is 1. The normalized spacial score (nSPS) is 22.5. The zero-order valence-corrected chi connectivity index (χ0v) is 12.9. The molecule has 0 aromatic carbocycles. The third kappa shape index (κ3) is 2.59. The number of aliphatic hydroxyl groups excluding tert-OH is 1. The van der Waals surface area contributed by atoms with Crippen molar-refractivity contribution < 1.29 is 19.8 Å². The molecular formula is C15H19N3O4. The van der Waals surface area contributed by atoms with E-state index in [9.17, 15) is 19.8 Å². The maximum absolute atomic E-state index is 12.1. The van der Waals surface area contributed by atoms with Crippen molar-refractivity contribution in [3.8, 4) is 0 Å². The number of aliphatic imine (C=N–C) groups is 1. The van der Waals surface area contributed by atoms with Gasteiger partial charge in [0.2, 0.25) is 0 Å². The van der Waals surface area contributed by atoms with Gasteiger partial charge in [0.25, 0.3) is 5.91 Å². The lowest BCUT2D eigenvalue weighted by Gasteiger charge is -2.21. The standard InChI is InChI=1S/C15H19N3O4/c1-7(2)15(4)14(22)17-12(18-15)11-10(13(20)21)5-9(6-16-11)8(3)19/h5-8,19H,1-4H3,(H,20,21)(H,17,18,22). The predicted molar refractivity (Wildman–Crippen MR) is 79.8 cm³/mol. The van der Waals surface area contributed by atoms with Crippen molar-refractivity contribution in [3.05, 3.63) is 29.1 Å². The van der Waals surface area contributed by atoms with Crippen LogP contribution in [0.25, 0.3) is 0 Å². The fraction of sp³-hybridized carbons (Fsp3) is 0.467. The Kier molecular flexibility index (Phi) is 4.02. The van der Waals surface area contributed by atoms with Gasteiger partial charge in [-0.3, -0.25) is 9.78 Å². The number of aromatic carboxylic acids is 1. The molecule has 0 aliphatic carbocycles. The molecule has 1 aromatic rings. The molecule has 1 amide bonds. The van der Waals surface area contributed by atoms with E-state index in [0.29, 0.717) is 5.56 Å². The van der Waals surface area contributed by atoms with E-state index in [1.165, 1.54) is 19.2 Å². The topological polar surface area (TPSA) is 112 Å². The van der Waals surface area contributed by atoms with Gasteiger partial charge in [-0.25, -0.2) is 9.79 Å². The Labute approximate surface area is 128 Å². The zero-order valence-electron chi connectivity index (χ0n) is 12.9. The Bertz CT molecular complexity index is 667. The second kappa shape index (κ2) is 5.49. The molecule has 0 radical (unpaired) electrons. The van der Waals surface area contributed by atoms with Crippen molar-refractivity contribution >= 4 is 17.7 Å². The van der Waals surface area contributed by atoms with Gasteiger partial charge in [-0.15, -0.1) is 0 Å². The summed E-state index contributed by atoms with van der Waals surface area (Å²) in [5.41, 5.74) is -0.576. The quantitative estimate of drug-likeness (QED) is 0.772. The molecule has 0 bridgehead atoms. The van der Waals surface area contributed by atoms with Gasteiger partial charge in [-0.1, -0.05) is 13.8 Å². The Morgan fingerprint density at radius 1 is 1.36 bits per heavy atom. The lowest BCUT2D eigenvalue weighted by molar-refractivity contribution is -0.124. The maximum Gasteiger partial charge on any atom is 0.338 e. The monoisotopic (exact) mass is 305 g/mol. The minimum Gasteiger partial charge on any atom is -0.478 e. The number of hydrogen-bond donors (Lipinski definition) is 3. The van der Waals surface area contributed by atoms with Crippen LogP contribution in [0, 0.1) is 5.92 Å². The van der Waals surface area contributed by atoms with Crippen LogP contribution in [0.15, 0.2) is 17.3 Å². The first-order chi connectivity index (χ1) is 10.2. The van der Waals surface area contributed by atoms with E-state index in [4.69, 9.17) is 0 Å². The van der Waals surface area contributed by atoms with Crippen molar-refractivity contribution in [2.24, 2.45) is 10.9 Å². The van der Waals surface area contributed by atoms with Crippen LogP contribution < -0.4 is 5.32 Å². The fourth-order valence-electron chi connectivity index (χ4n) is 2.11. The molecule has 0 fully saturated rings. The third-order valence-corrected chi connectivity index (χ3v) is 4.01. The van der Waals surface area contributed by atoms with Gasteiger partial charge in [-0.05, 0) is 31.4 Å². The number of carbonyl (C=O) groups excluding carboxylic acids is 1. The molecule has 22 heavy (non-hydrogen) atoms. The molecule has 118 valence electrons. The molecular weight excluding hydrogens is 286 g/mol. The van der Waals surface area contributed by atoms with Gasteiger partial charge in [0, 0.05) is 6.20 Å². The SMILES string of the molecule is CC(O)c1cnc(C2=NC(C)(C(C)C)C(=O)N2)c(C(=O)O)c1. The fourth-order valence-corrected chi connectivity index (χ4v) is 2.11. The van der Waals surface area contributed by atoms with Crippen molar-refractivity contribution in [2.75, 3.05) is 0 Å². The molecule has 3 N–H and O–H groups in total. The van der Waals surface area contributed by atoms with Gasteiger partial charge in [0.1, 0.15) is 11.2 Å². The van der Waals surface area contributed by atoms with E-state index < -0.39 is 17.6 Å². The average molecular weight is 305 g/mol. The van der Waals surface area contributed by atoms with Gasteiger partial charge in [-0.2, -0.15) is 0 Å². The van der Waals surface area contributed by atoms with Gasteiger partial charge >= 0.3 is 5.97 Å². The lowest BCUT2D eigenvalue weighted by atomic mass is 9.89. The highest BCUT2D eigenvalue weighted by Gasteiger charge is 2.43. The molecule has 2 atom stereocenters. The first-order valence-electron chi connectivity index (χ1n) is 6.99. The predicted octanol–water partition coefficient (Wildman–Crippen LogP) is 1.12. The van der Waals surface area contributed by atoms with Crippen molar-refractivity contribution in [3.63, 3.8) is 0 Å². The highest BCUT2D eigenvalue weighted by Crippen LogP contribution is 2.27. The minimum absolute atomic E-state index is 0.0463.